The zero-order valence-corrected chi connectivity index (χ0v) is 12.6. The molecule has 1 aromatic heterocycles. The molecule has 0 saturated carbocycles. The fourth-order valence-electron chi connectivity index (χ4n) is 2.09. The van der Waals surface area contributed by atoms with Gasteiger partial charge in [-0.15, -0.1) is 0 Å². The van der Waals surface area contributed by atoms with Crippen LogP contribution < -0.4 is 16.6 Å². The zero-order valence-electron chi connectivity index (χ0n) is 12.6. The van der Waals surface area contributed by atoms with Crippen molar-refractivity contribution in [3.63, 3.8) is 0 Å². The van der Waals surface area contributed by atoms with E-state index in [4.69, 9.17) is 0 Å². The first kappa shape index (κ1) is 17.1. The van der Waals surface area contributed by atoms with Crippen molar-refractivity contribution >= 4 is 11.9 Å². The molecular weight excluding hydrogens is 321 g/mol. The first-order chi connectivity index (χ1) is 11.3. The van der Waals surface area contributed by atoms with Crippen molar-refractivity contribution in [1.29, 1.82) is 0 Å². The lowest BCUT2D eigenvalue weighted by Crippen LogP contribution is -2.46. The number of hydrogen-bond acceptors (Lipinski definition) is 4. The van der Waals surface area contributed by atoms with Crippen molar-refractivity contribution in [2.24, 2.45) is 0 Å². The predicted molar refractivity (Wildman–Crippen MR) is 81.3 cm³/mol. The second kappa shape index (κ2) is 6.90. The minimum atomic E-state index is -1.41. The molecule has 1 unspecified atom stereocenters. The molecule has 0 spiro atoms. The van der Waals surface area contributed by atoms with Gasteiger partial charge in [0.1, 0.15) is 11.9 Å². The summed E-state index contributed by atoms with van der Waals surface area (Å²) < 4.78 is 14.0. The molecule has 0 aliphatic rings. The number of halogens is 1. The Morgan fingerprint density at radius 2 is 2.04 bits per heavy atom. The van der Waals surface area contributed by atoms with E-state index in [2.05, 4.69) is 5.32 Å². The average molecular weight is 335 g/mol. The monoisotopic (exact) mass is 335 g/mol. The van der Waals surface area contributed by atoms with E-state index >= 15 is 0 Å². The fourth-order valence-corrected chi connectivity index (χ4v) is 2.09. The molecule has 0 saturated heterocycles. The summed E-state index contributed by atoms with van der Waals surface area (Å²) in [7, 11) is 0. The van der Waals surface area contributed by atoms with Crippen LogP contribution in [0, 0.1) is 12.7 Å². The van der Waals surface area contributed by atoms with Crippen LogP contribution in [-0.2, 0) is 11.3 Å². The molecule has 0 aliphatic carbocycles. The molecular formula is C15H14FN3O5. The number of benzene rings is 1. The lowest BCUT2D eigenvalue weighted by molar-refractivity contribution is -0.139. The number of aryl methyl sites for hydroxylation is 1. The van der Waals surface area contributed by atoms with Crippen molar-refractivity contribution in [3.8, 4) is 0 Å². The Labute approximate surface area is 134 Å². The van der Waals surface area contributed by atoms with E-state index in [0.29, 0.717) is 5.56 Å². The van der Waals surface area contributed by atoms with E-state index in [1.54, 1.807) is 0 Å². The molecule has 8 nitrogen and oxygen atoms in total. The summed E-state index contributed by atoms with van der Waals surface area (Å²) in [5.41, 5.74) is -0.940. The molecule has 2 rings (SSSR count). The van der Waals surface area contributed by atoms with E-state index in [1.807, 2.05) is 4.98 Å². The van der Waals surface area contributed by atoms with Gasteiger partial charge >= 0.3 is 11.7 Å². The normalized spacial score (nSPS) is 11.8. The average Bonchev–Trinajstić information content (AvgIpc) is 2.48. The largest absolute Gasteiger partial charge is 0.480 e. The van der Waals surface area contributed by atoms with E-state index in [0.717, 1.165) is 29.0 Å². The number of amides is 1. The number of aromatic amines is 1. The topological polar surface area (TPSA) is 121 Å². The molecule has 0 aliphatic heterocycles. The summed E-state index contributed by atoms with van der Waals surface area (Å²) >= 11 is 0. The summed E-state index contributed by atoms with van der Waals surface area (Å²) in [4.78, 5) is 48.1. The highest BCUT2D eigenvalue weighted by Gasteiger charge is 2.22. The van der Waals surface area contributed by atoms with Crippen LogP contribution in [0.5, 0.6) is 0 Å². The molecule has 0 bridgehead atoms. The third kappa shape index (κ3) is 3.94. The number of rotatable bonds is 5. The Hall–Kier alpha value is -3.23. The van der Waals surface area contributed by atoms with Gasteiger partial charge in [-0.3, -0.25) is 19.1 Å². The number of nitrogens with zero attached hydrogens (tertiary/aromatic N) is 1. The maximum Gasteiger partial charge on any atom is 0.328 e. The SMILES string of the molecule is Cc1cc(F)ccc1C(=O)NC(Cn1ccc(=O)[nH]c1=O)C(=O)O. The number of hydrogen-bond donors (Lipinski definition) is 3. The van der Waals surface area contributed by atoms with Crippen molar-refractivity contribution in [2.75, 3.05) is 0 Å². The minimum Gasteiger partial charge on any atom is -0.480 e. The molecule has 1 heterocycles. The summed E-state index contributed by atoms with van der Waals surface area (Å²) in [6.45, 7) is 1.14. The molecule has 0 fully saturated rings. The van der Waals surface area contributed by atoms with Gasteiger partial charge in [-0.1, -0.05) is 0 Å². The highest BCUT2D eigenvalue weighted by molar-refractivity contribution is 5.97. The maximum atomic E-state index is 13.1. The van der Waals surface area contributed by atoms with Gasteiger partial charge in [0.15, 0.2) is 0 Å². The Bertz CT molecular complexity index is 902. The highest BCUT2D eigenvalue weighted by Crippen LogP contribution is 2.10. The van der Waals surface area contributed by atoms with Crippen LogP contribution >= 0.6 is 0 Å². The summed E-state index contributed by atoms with van der Waals surface area (Å²) in [6.07, 6.45) is 1.13. The Balaban J connectivity index is 2.22. The van der Waals surface area contributed by atoms with Crippen LogP contribution in [-0.4, -0.2) is 32.6 Å². The van der Waals surface area contributed by atoms with Gasteiger partial charge in [-0.25, -0.2) is 14.0 Å². The number of H-pyrrole nitrogens is 1. The van der Waals surface area contributed by atoms with Crippen molar-refractivity contribution < 1.29 is 19.1 Å². The van der Waals surface area contributed by atoms with Crippen LogP contribution in [0.2, 0.25) is 0 Å². The second-order valence-corrected chi connectivity index (χ2v) is 5.09. The summed E-state index contributed by atoms with van der Waals surface area (Å²) in [5, 5.41) is 11.5. The number of carboxylic acids is 1. The Morgan fingerprint density at radius 1 is 1.33 bits per heavy atom. The van der Waals surface area contributed by atoms with Gasteiger partial charge in [0, 0.05) is 17.8 Å². The Kier molecular flexibility index (Phi) is 4.93. The Morgan fingerprint density at radius 3 is 2.62 bits per heavy atom. The molecule has 1 amide bonds. The van der Waals surface area contributed by atoms with E-state index in [1.165, 1.54) is 13.0 Å². The van der Waals surface area contributed by atoms with Crippen molar-refractivity contribution in [1.82, 2.24) is 14.9 Å². The maximum absolute atomic E-state index is 13.1. The minimum absolute atomic E-state index is 0.122. The summed E-state index contributed by atoms with van der Waals surface area (Å²) in [6, 6.07) is 3.13. The number of carboxylic acid groups (broad SMARTS) is 1. The van der Waals surface area contributed by atoms with Crippen LogP contribution in [0.1, 0.15) is 15.9 Å². The smallest absolute Gasteiger partial charge is 0.328 e. The van der Waals surface area contributed by atoms with E-state index in [9.17, 15) is 28.7 Å². The quantitative estimate of drug-likeness (QED) is 0.702. The standard InChI is InChI=1S/C15H14FN3O5/c1-8-6-9(16)2-3-10(8)13(21)17-11(14(22)23)7-19-5-4-12(20)18-15(19)24/h2-6,11H,7H2,1H3,(H,17,21)(H,22,23)(H,18,20,24). The lowest BCUT2D eigenvalue weighted by atomic mass is 10.1. The van der Waals surface area contributed by atoms with Crippen LogP contribution in [0.25, 0.3) is 0 Å². The van der Waals surface area contributed by atoms with Gasteiger partial charge in [-0.2, -0.15) is 0 Å². The van der Waals surface area contributed by atoms with Gasteiger partial charge in [0.05, 0.1) is 6.54 Å². The van der Waals surface area contributed by atoms with E-state index < -0.39 is 35.0 Å². The summed E-state index contributed by atoms with van der Waals surface area (Å²) in [5.74, 6) is -2.59. The molecule has 126 valence electrons. The molecule has 0 radical (unpaired) electrons. The fraction of sp³-hybridized carbons (Fsp3) is 0.200. The molecule has 24 heavy (non-hydrogen) atoms. The van der Waals surface area contributed by atoms with Crippen LogP contribution in [0.15, 0.2) is 40.1 Å². The number of carbonyl (C=O) groups is 2. The van der Waals surface area contributed by atoms with Gasteiger partial charge in [-0.05, 0) is 30.7 Å². The number of aromatic nitrogens is 2. The number of carbonyl (C=O) groups excluding carboxylic acids is 1. The zero-order chi connectivity index (χ0) is 17.9. The molecule has 9 heteroatoms. The third-order valence-corrected chi connectivity index (χ3v) is 3.31. The predicted octanol–water partition coefficient (Wildman–Crippen LogP) is -0.133. The van der Waals surface area contributed by atoms with Gasteiger partial charge in [0.25, 0.3) is 11.5 Å². The molecule has 3 N–H and O–H groups in total. The third-order valence-electron chi connectivity index (χ3n) is 3.31. The van der Waals surface area contributed by atoms with Crippen molar-refractivity contribution in [3.05, 3.63) is 68.2 Å². The lowest BCUT2D eigenvalue weighted by Gasteiger charge is -2.16. The van der Waals surface area contributed by atoms with Crippen LogP contribution in [0.3, 0.4) is 0 Å². The second-order valence-electron chi connectivity index (χ2n) is 5.09. The van der Waals surface area contributed by atoms with Crippen LogP contribution in [0.4, 0.5) is 4.39 Å². The highest BCUT2D eigenvalue weighted by atomic mass is 19.1. The molecule has 1 aromatic carbocycles. The van der Waals surface area contributed by atoms with Gasteiger partial charge < -0.3 is 10.4 Å². The van der Waals surface area contributed by atoms with E-state index in [-0.39, 0.29) is 12.1 Å². The first-order valence-electron chi connectivity index (χ1n) is 6.87. The number of aliphatic carboxylic acids is 1. The van der Waals surface area contributed by atoms with Gasteiger partial charge in [0.2, 0.25) is 0 Å². The molecule has 1 atom stereocenters. The first-order valence-corrected chi connectivity index (χ1v) is 6.87. The molecule has 2 aromatic rings. The number of nitrogens with one attached hydrogen (secondary N) is 2. The van der Waals surface area contributed by atoms with Crippen molar-refractivity contribution in [2.45, 2.75) is 19.5 Å².